The predicted molar refractivity (Wildman–Crippen MR) is 119 cm³/mol. The van der Waals surface area contributed by atoms with E-state index in [0.717, 1.165) is 4.31 Å². The van der Waals surface area contributed by atoms with E-state index in [1.54, 1.807) is 36.4 Å². The summed E-state index contributed by atoms with van der Waals surface area (Å²) in [6, 6.07) is 12.4. The van der Waals surface area contributed by atoms with Gasteiger partial charge in [0.2, 0.25) is 10.0 Å². The van der Waals surface area contributed by atoms with E-state index in [4.69, 9.17) is 14.2 Å². The van der Waals surface area contributed by atoms with Crippen LogP contribution in [0.15, 0.2) is 53.4 Å². The largest absolute Gasteiger partial charge is 0.494 e. The molecule has 2 saturated heterocycles. The number of piperidine rings is 1. The summed E-state index contributed by atoms with van der Waals surface area (Å²) >= 11 is 0. The third kappa shape index (κ3) is 4.11. The van der Waals surface area contributed by atoms with Gasteiger partial charge < -0.3 is 24.4 Å². The molecule has 0 bridgehead atoms. The molecule has 0 aromatic heterocycles. The van der Waals surface area contributed by atoms with E-state index in [0.29, 0.717) is 17.2 Å². The van der Waals surface area contributed by atoms with Crippen LogP contribution in [0.3, 0.4) is 0 Å². The van der Waals surface area contributed by atoms with Crippen molar-refractivity contribution in [2.24, 2.45) is 0 Å². The number of rotatable bonds is 5. The first-order chi connectivity index (χ1) is 15.8. The van der Waals surface area contributed by atoms with E-state index in [9.17, 15) is 13.2 Å². The lowest BCUT2D eigenvalue weighted by molar-refractivity contribution is -0.134. The van der Waals surface area contributed by atoms with Crippen LogP contribution in [0.1, 0.15) is 6.42 Å². The highest BCUT2D eigenvalue weighted by Crippen LogP contribution is 2.40. The van der Waals surface area contributed by atoms with Gasteiger partial charge in [-0.3, -0.25) is 0 Å². The van der Waals surface area contributed by atoms with Crippen LogP contribution in [0.25, 0.3) is 0 Å². The summed E-state index contributed by atoms with van der Waals surface area (Å²) in [5.74, 6) is 0.791. The minimum Gasteiger partial charge on any atom is -0.494 e. The molecule has 9 nitrogen and oxygen atoms in total. The molecule has 2 unspecified atom stereocenters. The van der Waals surface area contributed by atoms with Gasteiger partial charge >= 0.3 is 6.03 Å². The van der Waals surface area contributed by atoms with Gasteiger partial charge in [0.25, 0.3) is 0 Å². The van der Waals surface area contributed by atoms with Crippen molar-refractivity contribution >= 4 is 21.7 Å². The third-order valence-electron chi connectivity index (χ3n) is 5.96. The van der Waals surface area contributed by atoms with Crippen LogP contribution in [-0.2, 0) is 14.8 Å². The lowest BCUT2D eigenvalue weighted by Crippen LogP contribution is -2.63. The van der Waals surface area contributed by atoms with Crippen LogP contribution in [0, 0.1) is 0 Å². The first-order valence-corrected chi connectivity index (χ1v) is 11.9. The number of carbonyl (C=O) groups excluding carboxylic acids is 1. The first-order valence-electron chi connectivity index (χ1n) is 10.5. The number of benzene rings is 2. The van der Waals surface area contributed by atoms with Gasteiger partial charge in [-0.25, -0.2) is 17.6 Å². The Hall–Kier alpha value is -2.89. The first kappa shape index (κ1) is 23.3. The van der Waals surface area contributed by atoms with Gasteiger partial charge in [-0.1, -0.05) is 24.3 Å². The predicted octanol–water partition coefficient (Wildman–Crippen LogP) is 2.70. The van der Waals surface area contributed by atoms with Gasteiger partial charge in [-0.05, 0) is 24.3 Å². The summed E-state index contributed by atoms with van der Waals surface area (Å²) in [4.78, 5) is 14.3. The molecular weight excluding hydrogens is 453 g/mol. The number of nitrogens with one attached hydrogen (secondary N) is 1. The van der Waals surface area contributed by atoms with Crippen LogP contribution < -0.4 is 14.8 Å². The normalized spacial score (nSPS) is 23.5. The fourth-order valence-electron chi connectivity index (χ4n) is 4.28. The Morgan fingerprint density at radius 3 is 2.36 bits per heavy atom. The number of alkyl halides is 1. The molecule has 2 atom stereocenters. The smallest absolute Gasteiger partial charge is 0.322 e. The summed E-state index contributed by atoms with van der Waals surface area (Å²) < 4.78 is 59.4. The zero-order valence-electron chi connectivity index (χ0n) is 18.4. The second kappa shape index (κ2) is 9.16. The zero-order chi connectivity index (χ0) is 23.6. The molecule has 33 heavy (non-hydrogen) atoms. The van der Waals surface area contributed by atoms with Gasteiger partial charge in [-0.15, -0.1) is 0 Å². The number of urea groups is 1. The highest BCUT2D eigenvalue weighted by atomic mass is 32.2. The lowest BCUT2D eigenvalue weighted by Gasteiger charge is -2.44. The van der Waals surface area contributed by atoms with E-state index in [1.807, 2.05) is 0 Å². The van der Waals surface area contributed by atoms with Crippen LogP contribution in [0.2, 0.25) is 0 Å². The molecule has 2 amide bonds. The molecule has 4 rings (SSSR count). The van der Waals surface area contributed by atoms with Crippen LogP contribution >= 0.6 is 0 Å². The number of carbonyl (C=O) groups is 1. The van der Waals surface area contributed by atoms with E-state index in [1.165, 1.54) is 31.3 Å². The molecule has 2 aromatic rings. The lowest BCUT2D eigenvalue weighted by atomic mass is 9.99. The van der Waals surface area contributed by atoms with Crippen LogP contribution in [0.5, 0.6) is 11.5 Å². The molecule has 2 aliphatic rings. The summed E-state index contributed by atoms with van der Waals surface area (Å²) in [7, 11) is -1.04. The van der Waals surface area contributed by atoms with Crippen molar-refractivity contribution in [3.05, 3.63) is 48.5 Å². The average Bonchev–Trinajstić information content (AvgIpc) is 3.27. The molecule has 2 heterocycles. The molecule has 1 spiro atoms. The van der Waals surface area contributed by atoms with Crippen molar-refractivity contribution < 1.29 is 31.8 Å². The molecule has 2 aliphatic heterocycles. The SMILES string of the molecule is COc1cccc(OC)c1NC(=O)N1CCC2(OCCN2S(=O)(=O)c2ccccc2)C(F)C1. The van der Waals surface area contributed by atoms with E-state index >= 15 is 4.39 Å². The molecular formula is C22H26FN3O6S. The number of hydrogen-bond acceptors (Lipinski definition) is 6. The quantitative estimate of drug-likeness (QED) is 0.708. The summed E-state index contributed by atoms with van der Waals surface area (Å²) in [6.45, 7) is -0.103. The fraction of sp³-hybridized carbons (Fsp3) is 0.409. The Morgan fingerprint density at radius 1 is 1.09 bits per heavy atom. The Morgan fingerprint density at radius 2 is 1.76 bits per heavy atom. The van der Waals surface area contributed by atoms with Crippen LogP contribution in [0.4, 0.5) is 14.9 Å². The van der Waals surface area contributed by atoms with Crippen molar-refractivity contribution in [1.29, 1.82) is 0 Å². The number of methoxy groups -OCH3 is 2. The number of amides is 2. The maximum absolute atomic E-state index is 15.6. The monoisotopic (exact) mass is 479 g/mol. The zero-order valence-corrected chi connectivity index (χ0v) is 19.2. The maximum atomic E-state index is 15.6. The Balaban J connectivity index is 1.53. The number of halogens is 1. The number of para-hydroxylation sites is 1. The molecule has 2 aromatic carbocycles. The number of anilines is 1. The highest BCUT2D eigenvalue weighted by Gasteiger charge is 2.57. The molecule has 0 aliphatic carbocycles. The van der Waals surface area contributed by atoms with Gasteiger partial charge in [0.05, 0.1) is 32.3 Å². The van der Waals surface area contributed by atoms with E-state index < -0.39 is 28.0 Å². The van der Waals surface area contributed by atoms with E-state index in [-0.39, 0.29) is 37.6 Å². The second-order valence-electron chi connectivity index (χ2n) is 7.71. The van der Waals surface area contributed by atoms with Gasteiger partial charge in [0, 0.05) is 19.5 Å². The Bertz CT molecular complexity index is 1090. The van der Waals surface area contributed by atoms with Crippen molar-refractivity contribution in [2.45, 2.75) is 23.2 Å². The number of ether oxygens (including phenoxy) is 3. The van der Waals surface area contributed by atoms with Gasteiger partial charge in [0.1, 0.15) is 17.2 Å². The molecule has 2 fully saturated rings. The van der Waals surface area contributed by atoms with E-state index in [2.05, 4.69) is 5.32 Å². The van der Waals surface area contributed by atoms with Crippen molar-refractivity contribution in [2.75, 3.05) is 45.8 Å². The Kier molecular flexibility index (Phi) is 6.46. The topological polar surface area (TPSA) is 97.4 Å². The van der Waals surface area contributed by atoms with Crippen LogP contribution in [-0.4, -0.2) is 76.0 Å². The van der Waals surface area contributed by atoms with Gasteiger partial charge in [-0.2, -0.15) is 4.31 Å². The minimum absolute atomic E-state index is 0.00326. The molecule has 0 saturated carbocycles. The average molecular weight is 480 g/mol. The molecule has 178 valence electrons. The second-order valence-corrected chi connectivity index (χ2v) is 9.58. The summed E-state index contributed by atoms with van der Waals surface area (Å²) in [6.07, 6.45) is -1.74. The number of hydrogen-bond donors (Lipinski definition) is 1. The molecule has 0 radical (unpaired) electrons. The maximum Gasteiger partial charge on any atom is 0.322 e. The molecule has 11 heteroatoms. The van der Waals surface area contributed by atoms with Crippen molar-refractivity contribution in [3.8, 4) is 11.5 Å². The summed E-state index contributed by atoms with van der Waals surface area (Å²) in [5.41, 5.74) is -1.32. The molecule has 1 N–H and O–H groups in total. The van der Waals surface area contributed by atoms with Crippen molar-refractivity contribution in [1.82, 2.24) is 9.21 Å². The number of sulfonamides is 1. The number of likely N-dealkylation sites (tertiary alicyclic amines) is 1. The fourth-order valence-corrected chi connectivity index (χ4v) is 6.01. The summed E-state index contributed by atoms with van der Waals surface area (Å²) in [5, 5.41) is 2.72. The number of nitrogens with zero attached hydrogens (tertiary/aromatic N) is 2. The van der Waals surface area contributed by atoms with Gasteiger partial charge in [0.15, 0.2) is 11.9 Å². The standard InChI is InChI=1S/C22H26FN3O6S/c1-30-17-9-6-10-18(31-2)20(17)24-21(27)25-12-11-22(19(23)15-25)26(13-14-32-22)33(28,29)16-7-4-3-5-8-16/h3-10,19H,11-15H2,1-2H3,(H,24,27). The third-order valence-corrected chi connectivity index (χ3v) is 7.90. The minimum atomic E-state index is -3.97. The van der Waals surface area contributed by atoms with Crippen molar-refractivity contribution in [3.63, 3.8) is 0 Å². The highest BCUT2D eigenvalue weighted by molar-refractivity contribution is 7.89. The Labute approximate surface area is 192 Å².